The molecule has 1 aromatic carbocycles. The zero-order valence-electron chi connectivity index (χ0n) is 10.9. The molecule has 1 saturated heterocycles. The molecule has 1 aliphatic rings. The van der Waals surface area contributed by atoms with E-state index in [1.807, 2.05) is 18.2 Å². The van der Waals surface area contributed by atoms with Crippen molar-refractivity contribution in [3.8, 4) is 5.75 Å². The molecule has 0 N–H and O–H groups in total. The maximum absolute atomic E-state index is 11.7. The van der Waals surface area contributed by atoms with Crippen LogP contribution in [-0.4, -0.2) is 25.7 Å². The van der Waals surface area contributed by atoms with Crippen molar-refractivity contribution in [3.05, 3.63) is 29.8 Å². The molecule has 5 heteroatoms. The van der Waals surface area contributed by atoms with Crippen LogP contribution < -0.4 is 4.74 Å². The lowest BCUT2D eigenvalue weighted by Gasteiger charge is -2.10. The highest BCUT2D eigenvalue weighted by Gasteiger charge is 2.41. The second kappa shape index (κ2) is 5.73. The second-order valence-corrected chi connectivity index (χ2v) is 4.24. The van der Waals surface area contributed by atoms with Crippen molar-refractivity contribution >= 4 is 11.9 Å². The summed E-state index contributed by atoms with van der Waals surface area (Å²) in [4.78, 5) is 23.3. The molecule has 1 fully saturated rings. The van der Waals surface area contributed by atoms with Crippen molar-refractivity contribution in [1.82, 2.24) is 0 Å². The van der Waals surface area contributed by atoms with Gasteiger partial charge in [0.25, 0.3) is 0 Å². The molecular formula is C14H16O5. The van der Waals surface area contributed by atoms with Crippen LogP contribution in [0.15, 0.2) is 24.3 Å². The number of ether oxygens (including phenoxy) is 3. The Bertz CT molecular complexity index is 482. The van der Waals surface area contributed by atoms with Crippen molar-refractivity contribution in [2.75, 3.05) is 13.7 Å². The van der Waals surface area contributed by atoms with Crippen molar-refractivity contribution in [1.29, 1.82) is 0 Å². The third kappa shape index (κ3) is 2.86. The summed E-state index contributed by atoms with van der Waals surface area (Å²) in [5.41, 5.74) is 0.819. The quantitative estimate of drug-likeness (QED) is 0.613. The van der Waals surface area contributed by atoms with Crippen molar-refractivity contribution in [3.63, 3.8) is 0 Å². The fraction of sp³-hybridized carbons (Fsp3) is 0.429. The SMILES string of the molecule is CCOC(=O)C1CC(c2cccc(OC)c2)OC1=O. The van der Waals surface area contributed by atoms with Crippen molar-refractivity contribution < 1.29 is 23.8 Å². The lowest BCUT2D eigenvalue weighted by Crippen LogP contribution is -2.21. The zero-order chi connectivity index (χ0) is 13.8. The van der Waals surface area contributed by atoms with Gasteiger partial charge < -0.3 is 14.2 Å². The molecule has 0 saturated carbocycles. The fourth-order valence-electron chi connectivity index (χ4n) is 2.06. The summed E-state index contributed by atoms with van der Waals surface area (Å²) >= 11 is 0. The molecule has 0 bridgehead atoms. The second-order valence-electron chi connectivity index (χ2n) is 4.24. The maximum Gasteiger partial charge on any atom is 0.321 e. The maximum atomic E-state index is 11.7. The molecule has 1 aromatic rings. The molecule has 2 atom stereocenters. The predicted molar refractivity (Wildman–Crippen MR) is 66.6 cm³/mol. The summed E-state index contributed by atoms with van der Waals surface area (Å²) in [6, 6.07) is 7.27. The number of cyclic esters (lactones) is 1. The smallest absolute Gasteiger partial charge is 0.321 e. The topological polar surface area (TPSA) is 61.8 Å². The van der Waals surface area contributed by atoms with E-state index < -0.39 is 24.0 Å². The van der Waals surface area contributed by atoms with Crippen LogP contribution in [0.2, 0.25) is 0 Å². The molecule has 2 unspecified atom stereocenters. The highest BCUT2D eigenvalue weighted by Crippen LogP contribution is 2.35. The molecule has 0 aromatic heterocycles. The van der Waals surface area contributed by atoms with E-state index in [0.717, 1.165) is 5.56 Å². The van der Waals surface area contributed by atoms with Gasteiger partial charge in [-0.05, 0) is 24.6 Å². The Labute approximate surface area is 111 Å². The van der Waals surface area contributed by atoms with E-state index in [1.165, 1.54) is 0 Å². The van der Waals surface area contributed by atoms with Gasteiger partial charge >= 0.3 is 11.9 Å². The first kappa shape index (κ1) is 13.4. The first-order valence-corrected chi connectivity index (χ1v) is 6.16. The van der Waals surface area contributed by atoms with Crippen LogP contribution in [0.4, 0.5) is 0 Å². The summed E-state index contributed by atoms with van der Waals surface area (Å²) in [5.74, 6) is -1.17. The van der Waals surface area contributed by atoms with E-state index in [2.05, 4.69) is 0 Å². The highest BCUT2D eigenvalue weighted by atomic mass is 16.6. The van der Waals surface area contributed by atoms with Crippen LogP contribution >= 0.6 is 0 Å². The van der Waals surface area contributed by atoms with Crippen LogP contribution in [0.25, 0.3) is 0 Å². The molecule has 102 valence electrons. The summed E-state index contributed by atoms with van der Waals surface area (Å²) < 4.78 is 15.2. The van der Waals surface area contributed by atoms with Gasteiger partial charge in [-0.3, -0.25) is 9.59 Å². The molecule has 5 nitrogen and oxygen atoms in total. The monoisotopic (exact) mass is 264 g/mol. The average molecular weight is 264 g/mol. The molecule has 0 aliphatic carbocycles. The van der Waals surface area contributed by atoms with Crippen LogP contribution in [0.3, 0.4) is 0 Å². The lowest BCUT2D eigenvalue weighted by molar-refractivity contribution is -0.156. The normalized spacial score (nSPS) is 21.9. The van der Waals surface area contributed by atoms with E-state index >= 15 is 0 Å². The number of hydrogen-bond donors (Lipinski definition) is 0. The van der Waals surface area contributed by atoms with Gasteiger partial charge in [0, 0.05) is 6.42 Å². The predicted octanol–water partition coefficient (Wildman–Crippen LogP) is 1.86. The van der Waals surface area contributed by atoms with Crippen LogP contribution in [0.5, 0.6) is 5.75 Å². The van der Waals surface area contributed by atoms with Crippen LogP contribution in [0.1, 0.15) is 25.0 Å². The first-order valence-electron chi connectivity index (χ1n) is 6.16. The number of carbonyl (C=O) groups excluding carboxylic acids is 2. The minimum Gasteiger partial charge on any atom is -0.497 e. The molecule has 19 heavy (non-hydrogen) atoms. The minimum atomic E-state index is -0.823. The molecule has 1 heterocycles. The van der Waals surface area contributed by atoms with Crippen LogP contribution in [-0.2, 0) is 19.1 Å². The number of methoxy groups -OCH3 is 1. The zero-order valence-corrected chi connectivity index (χ0v) is 10.9. The van der Waals surface area contributed by atoms with E-state index in [4.69, 9.17) is 14.2 Å². The van der Waals surface area contributed by atoms with Crippen molar-refractivity contribution in [2.45, 2.75) is 19.4 Å². The minimum absolute atomic E-state index is 0.256. The summed E-state index contributed by atoms with van der Waals surface area (Å²) in [5, 5.41) is 0. The first-order chi connectivity index (χ1) is 9.15. The van der Waals surface area contributed by atoms with Crippen molar-refractivity contribution in [2.24, 2.45) is 5.92 Å². The van der Waals surface area contributed by atoms with Gasteiger partial charge in [-0.1, -0.05) is 12.1 Å². The number of rotatable bonds is 4. The summed E-state index contributed by atoms with van der Waals surface area (Å²) in [6.45, 7) is 1.96. The molecule has 1 aliphatic heterocycles. The van der Waals surface area contributed by atoms with Gasteiger partial charge in [-0.15, -0.1) is 0 Å². The number of esters is 2. The third-order valence-corrected chi connectivity index (χ3v) is 3.03. The van der Waals surface area contributed by atoms with Gasteiger partial charge in [0.2, 0.25) is 0 Å². The molecule has 0 amide bonds. The highest BCUT2D eigenvalue weighted by molar-refractivity contribution is 5.96. The van der Waals surface area contributed by atoms with E-state index in [9.17, 15) is 9.59 Å². The summed E-state index contributed by atoms with van der Waals surface area (Å²) in [6.07, 6.45) is -0.109. The molecule has 2 rings (SSSR count). The fourth-order valence-corrected chi connectivity index (χ4v) is 2.06. The van der Waals surface area contributed by atoms with Gasteiger partial charge in [0.1, 0.15) is 11.9 Å². The Morgan fingerprint density at radius 2 is 2.26 bits per heavy atom. The van der Waals surface area contributed by atoms with E-state index in [1.54, 1.807) is 20.1 Å². The Balaban J connectivity index is 2.11. The summed E-state index contributed by atoms with van der Waals surface area (Å²) in [7, 11) is 1.57. The molecule has 0 radical (unpaired) electrons. The Kier molecular flexibility index (Phi) is 4.04. The number of benzene rings is 1. The standard InChI is InChI=1S/C14H16O5/c1-3-18-13(15)11-8-12(19-14(11)16)9-5-4-6-10(7-9)17-2/h4-7,11-12H,3,8H2,1-2H3. The van der Waals surface area contributed by atoms with Gasteiger partial charge in [-0.2, -0.15) is 0 Å². The Hall–Kier alpha value is -2.04. The number of carbonyl (C=O) groups is 2. The van der Waals surface area contributed by atoms with Gasteiger partial charge in [0.15, 0.2) is 5.92 Å². The molecule has 0 spiro atoms. The molecular weight excluding hydrogens is 248 g/mol. The van der Waals surface area contributed by atoms with Gasteiger partial charge in [-0.25, -0.2) is 0 Å². The van der Waals surface area contributed by atoms with Crippen LogP contribution in [0, 0.1) is 5.92 Å². The number of hydrogen-bond acceptors (Lipinski definition) is 5. The lowest BCUT2D eigenvalue weighted by atomic mass is 10.00. The Morgan fingerprint density at radius 1 is 1.47 bits per heavy atom. The average Bonchev–Trinajstić information content (AvgIpc) is 2.81. The third-order valence-electron chi connectivity index (χ3n) is 3.03. The Morgan fingerprint density at radius 3 is 2.95 bits per heavy atom. The van der Waals surface area contributed by atoms with E-state index in [-0.39, 0.29) is 6.61 Å². The van der Waals surface area contributed by atoms with E-state index in [0.29, 0.717) is 12.2 Å². The largest absolute Gasteiger partial charge is 0.497 e. The van der Waals surface area contributed by atoms with Gasteiger partial charge in [0.05, 0.1) is 13.7 Å².